The average molecular weight is 428 g/mol. The first-order chi connectivity index (χ1) is 15.5. The van der Waals surface area contributed by atoms with Gasteiger partial charge in [-0.15, -0.1) is 0 Å². The minimum atomic E-state index is -0.486. The monoisotopic (exact) mass is 428 g/mol. The summed E-state index contributed by atoms with van der Waals surface area (Å²) >= 11 is 0. The lowest BCUT2D eigenvalue weighted by Crippen LogP contribution is -2.34. The SMILES string of the molecule is COC(=O)CN1C(=O)c2ccccc2[C@H]1c1c(-c2ccc(F)cc2)n(C)c2ccccc12. The van der Waals surface area contributed by atoms with Gasteiger partial charge in [0.15, 0.2) is 0 Å². The van der Waals surface area contributed by atoms with Gasteiger partial charge in [0.2, 0.25) is 0 Å². The van der Waals surface area contributed by atoms with E-state index >= 15 is 0 Å². The minimum Gasteiger partial charge on any atom is -0.468 e. The number of hydrogen-bond acceptors (Lipinski definition) is 3. The molecule has 0 aliphatic carbocycles. The molecule has 1 aliphatic rings. The Bertz CT molecular complexity index is 1360. The third-order valence-electron chi connectivity index (χ3n) is 6.12. The van der Waals surface area contributed by atoms with Gasteiger partial charge in [-0.1, -0.05) is 36.4 Å². The number of halogens is 1. The van der Waals surface area contributed by atoms with Crippen LogP contribution >= 0.6 is 0 Å². The average Bonchev–Trinajstić information content (AvgIpc) is 3.26. The highest BCUT2D eigenvalue weighted by Crippen LogP contribution is 2.46. The van der Waals surface area contributed by atoms with E-state index < -0.39 is 12.0 Å². The largest absolute Gasteiger partial charge is 0.468 e. The van der Waals surface area contributed by atoms with Gasteiger partial charge in [-0.2, -0.15) is 0 Å². The van der Waals surface area contributed by atoms with E-state index in [0.717, 1.165) is 33.3 Å². The Balaban J connectivity index is 1.82. The van der Waals surface area contributed by atoms with Crippen LogP contribution in [-0.4, -0.2) is 35.0 Å². The van der Waals surface area contributed by atoms with Crippen LogP contribution in [-0.2, 0) is 16.6 Å². The number of methoxy groups -OCH3 is 1. The topological polar surface area (TPSA) is 51.5 Å². The second-order valence-electron chi connectivity index (χ2n) is 7.84. The molecule has 5 nitrogen and oxygen atoms in total. The van der Waals surface area contributed by atoms with Crippen LogP contribution in [0.4, 0.5) is 4.39 Å². The van der Waals surface area contributed by atoms with Crippen LogP contribution in [0, 0.1) is 5.82 Å². The smallest absolute Gasteiger partial charge is 0.325 e. The number of nitrogens with zero attached hydrogens (tertiary/aromatic N) is 2. The molecule has 1 aromatic heterocycles. The van der Waals surface area contributed by atoms with Gasteiger partial charge in [0.05, 0.1) is 18.8 Å². The summed E-state index contributed by atoms with van der Waals surface area (Å²) in [6.07, 6.45) is 0. The molecule has 6 heteroatoms. The lowest BCUT2D eigenvalue weighted by molar-refractivity contribution is -0.141. The van der Waals surface area contributed by atoms with Gasteiger partial charge < -0.3 is 14.2 Å². The van der Waals surface area contributed by atoms with Crippen LogP contribution in [0.5, 0.6) is 0 Å². The number of carbonyl (C=O) groups is 2. The van der Waals surface area contributed by atoms with Gasteiger partial charge >= 0.3 is 5.97 Å². The highest BCUT2D eigenvalue weighted by molar-refractivity contribution is 6.03. The molecule has 2 heterocycles. The second-order valence-corrected chi connectivity index (χ2v) is 7.84. The number of hydrogen-bond donors (Lipinski definition) is 0. The van der Waals surface area contributed by atoms with Crippen LogP contribution in [0.1, 0.15) is 27.5 Å². The molecular formula is C26H21FN2O3. The summed E-state index contributed by atoms with van der Waals surface area (Å²) in [5, 5.41) is 0.971. The van der Waals surface area contributed by atoms with Gasteiger partial charge in [-0.05, 0) is 47.5 Å². The minimum absolute atomic E-state index is 0.166. The van der Waals surface area contributed by atoms with Crippen LogP contribution in [0.2, 0.25) is 0 Å². The van der Waals surface area contributed by atoms with Crippen molar-refractivity contribution in [3.8, 4) is 11.3 Å². The van der Waals surface area contributed by atoms with Gasteiger partial charge in [-0.3, -0.25) is 9.59 Å². The van der Waals surface area contributed by atoms with Crippen molar-refractivity contribution >= 4 is 22.8 Å². The maximum absolute atomic E-state index is 13.7. The van der Waals surface area contributed by atoms with Gasteiger partial charge in [0, 0.05) is 29.1 Å². The fourth-order valence-electron chi connectivity index (χ4n) is 4.70. The predicted molar refractivity (Wildman–Crippen MR) is 120 cm³/mol. The molecule has 1 aliphatic heterocycles. The lowest BCUT2D eigenvalue weighted by Gasteiger charge is -2.26. The second kappa shape index (κ2) is 7.64. The summed E-state index contributed by atoms with van der Waals surface area (Å²) in [4.78, 5) is 27.1. The van der Waals surface area contributed by atoms with E-state index in [4.69, 9.17) is 4.74 Å². The van der Waals surface area contributed by atoms with Crippen LogP contribution in [0.3, 0.4) is 0 Å². The van der Waals surface area contributed by atoms with Crippen molar-refractivity contribution in [2.24, 2.45) is 7.05 Å². The van der Waals surface area contributed by atoms with E-state index in [9.17, 15) is 14.0 Å². The van der Waals surface area contributed by atoms with E-state index in [-0.39, 0.29) is 18.3 Å². The van der Waals surface area contributed by atoms with Gasteiger partial charge in [-0.25, -0.2) is 4.39 Å². The summed E-state index contributed by atoms with van der Waals surface area (Å²) in [5.41, 5.74) is 4.99. The van der Waals surface area contributed by atoms with E-state index in [1.54, 1.807) is 23.1 Å². The Kier molecular flexibility index (Phi) is 4.78. The summed E-state index contributed by atoms with van der Waals surface area (Å²) in [6.45, 7) is -0.166. The Labute approximate surface area is 184 Å². The van der Waals surface area contributed by atoms with Gasteiger partial charge in [0.25, 0.3) is 5.91 Å². The Hall–Kier alpha value is -3.93. The molecule has 5 rings (SSSR count). The molecule has 1 atom stereocenters. The zero-order valence-electron chi connectivity index (χ0n) is 17.7. The predicted octanol–water partition coefficient (Wildman–Crippen LogP) is 4.70. The number of benzene rings is 3. The number of rotatable bonds is 4. The molecule has 0 N–H and O–H groups in total. The first-order valence-electron chi connectivity index (χ1n) is 10.3. The first-order valence-corrected chi connectivity index (χ1v) is 10.3. The van der Waals surface area contributed by atoms with Crippen molar-refractivity contribution in [3.05, 3.63) is 95.3 Å². The summed E-state index contributed by atoms with van der Waals surface area (Å²) < 4.78 is 20.6. The number of para-hydroxylation sites is 1. The molecule has 0 spiro atoms. The van der Waals surface area contributed by atoms with Crippen LogP contribution in [0.25, 0.3) is 22.2 Å². The van der Waals surface area contributed by atoms with Crippen molar-refractivity contribution < 1.29 is 18.7 Å². The number of ether oxygens (including phenoxy) is 1. The van der Waals surface area contributed by atoms with Crippen molar-refractivity contribution in [1.82, 2.24) is 9.47 Å². The first kappa shape index (κ1) is 20.0. The summed E-state index contributed by atoms with van der Waals surface area (Å²) in [7, 11) is 3.27. The molecule has 0 fully saturated rings. The molecule has 4 aromatic rings. The molecule has 32 heavy (non-hydrogen) atoms. The fraction of sp³-hybridized carbons (Fsp3) is 0.154. The number of fused-ring (bicyclic) bond motifs is 2. The highest BCUT2D eigenvalue weighted by Gasteiger charge is 2.41. The maximum atomic E-state index is 13.7. The van der Waals surface area contributed by atoms with Crippen LogP contribution < -0.4 is 0 Å². The third-order valence-corrected chi connectivity index (χ3v) is 6.12. The lowest BCUT2D eigenvalue weighted by atomic mass is 9.93. The molecule has 0 unspecified atom stereocenters. The Morgan fingerprint density at radius 2 is 1.69 bits per heavy atom. The molecule has 1 amide bonds. The number of esters is 1. The van der Waals surface area contributed by atoms with Crippen LogP contribution in [0.15, 0.2) is 72.8 Å². The van der Waals surface area contributed by atoms with Crippen molar-refractivity contribution in [3.63, 3.8) is 0 Å². The standard InChI is InChI=1S/C26H21FN2O3/c1-28-21-10-6-5-9-20(21)23(24(28)16-11-13-17(27)14-12-16)25-18-7-3-4-8-19(18)26(31)29(25)15-22(30)32-2/h3-14,25H,15H2,1-2H3/t25-/m0/s1. The molecular weight excluding hydrogens is 407 g/mol. The van der Waals surface area contributed by atoms with Crippen molar-refractivity contribution in [2.75, 3.05) is 13.7 Å². The quantitative estimate of drug-likeness (QED) is 0.443. The number of amides is 1. The zero-order valence-corrected chi connectivity index (χ0v) is 17.7. The van der Waals surface area contributed by atoms with E-state index in [1.165, 1.54) is 19.2 Å². The third kappa shape index (κ3) is 2.99. The molecule has 0 saturated carbocycles. The maximum Gasteiger partial charge on any atom is 0.325 e. The highest BCUT2D eigenvalue weighted by atomic mass is 19.1. The molecule has 0 radical (unpaired) electrons. The summed E-state index contributed by atoms with van der Waals surface area (Å²) in [5.74, 6) is -1.02. The normalized spacial score (nSPS) is 15.3. The van der Waals surface area contributed by atoms with Crippen molar-refractivity contribution in [1.29, 1.82) is 0 Å². The molecule has 0 saturated heterocycles. The van der Waals surface area contributed by atoms with E-state index in [2.05, 4.69) is 4.57 Å². The van der Waals surface area contributed by atoms with Gasteiger partial charge in [0.1, 0.15) is 12.4 Å². The Morgan fingerprint density at radius 3 is 2.44 bits per heavy atom. The molecule has 0 bridgehead atoms. The fourth-order valence-corrected chi connectivity index (χ4v) is 4.70. The molecule has 3 aromatic carbocycles. The number of aromatic nitrogens is 1. The summed E-state index contributed by atoms with van der Waals surface area (Å²) in [6, 6.07) is 21.2. The Morgan fingerprint density at radius 1 is 1.00 bits per heavy atom. The van der Waals surface area contributed by atoms with Crippen molar-refractivity contribution in [2.45, 2.75) is 6.04 Å². The zero-order chi connectivity index (χ0) is 22.4. The van der Waals surface area contributed by atoms with E-state index in [1.807, 2.05) is 49.5 Å². The molecule has 160 valence electrons. The van der Waals surface area contributed by atoms with E-state index in [0.29, 0.717) is 5.56 Å². The number of carbonyl (C=O) groups excluding carboxylic acids is 2. The number of aryl methyl sites for hydroxylation is 1.